The van der Waals surface area contributed by atoms with Gasteiger partial charge in [0.1, 0.15) is 11.2 Å². The lowest BCUT2D eigenvalue weighted by atomic mass is 9.82. The number of aromatic nitrogens is 5. The van der Waals surface area contributed by atoms with E-state index in [0.717, 1.165) is 42.2 Å². The maximum absolute atomic E-state index is 5.06. The van der Waals surface area contributed by atoms with Gasteiger partial charge < -0.3 is 5.32 Å². The van der Waals surface area contributed by atoms with Crippen LogP contribution in [0.1, 0.15) is 74.8 Å². The number of rotatable bonds is 4. The molecule has 0 bridgehead atoms. The minimum absolute atomic E-state index is 0.0236. The molecule has 7 nitrogen and oxygen atoms in total. The van der Waals surface area contributed by atoms with Crippen LogP contribution in [-0.4, -0.2) is 48.1 Å². The van der Waals surface area contributed by atoms with Gasteiger partial charge in [-0.05, 0) is 70.7 Å². The summed E-state index contributed by atoms with van der Waals surface area (Å²) in [6, 6.07) is 4.69. The zero-order chi connectivity index (χ0) is 23.5. The van der Waals surface area contributed by atoms with Crippen molar-refractivity contribution in [2.75, 3.05) is 13.1 Å². The van der Waals surface area contributed by atoms with Gasteiger partial charge in [0, 0.05) is 47.4 Å². The Balaban J connectivity index is 1.32. The smallest absolute Gasteiger partial charge is 0.167 e. The Morgan fingerprint density at radius 3 is 2.91 bits per heavy atom. The normalized spacial score (nSPS) is 22.3. The van der Waals surface area contributed by atoms with Crippen LogP contribution in [0.3, 0.4) is 0 Å². The van der Waals surface area contributed by atoms with Crippen molar-refractivity contribution in [3.05, 3.63) is 52.7 Å². The van der Waals surface area contributed by atoms with Gasteiger partial charge in [0.2, 0.25) is 0 Å². The van der Waals surface area contributed by atoms with Crippen molar-refractivity contribution in [3.8, 4) is 0 Å². The number of piperidine rings is 1. The molecular formula is C26H33N7S. The summed E-state index contributed by atoms with van der Waals surface area (Å²) in [6.07, 6.45) is 11.2. The van der Waals surface area contributed by atoms with Gasteiger partial charge in [-0.3, -0.25) is 9.88 Å². The molecule has 8 heteroatoms. The van der Waals surface area contributed by atoms with Crippen LogP contribution >= 0.6 is 11.3 Å². The van der Waals surface area contributed by atoms with Gasteiger partial charge in [0.25, 0.3) is 0 Å². The Labute approximate surface area is 204 Å². The standard InChI is InChI=1S/C26H33N7S/c1-25(2)14-18-21-23-29-20(30-33(23)16-28-24(21)34-22(18)26(3,4)31-25)10-13-32-12-6-5-9-19(32)17-8-7-11-27-15-17/h7-8,11,15-16,19,31H,5-6,9-10,12-14H2,1-4H3/t19-/m1/s1. The Bertz CT molecular complexity index is 1340. The molecule has 1 fully saturated rings. The monoisotopic (exact) mass is 475 g/mol. The van der Waals surface area contributed by atoms with Gasteiger partial charge >= 0.3 is 0 Å². The van der Waals surface area contributed by atoms with E-state index in [1.807, 2.05) is 29.3 Å². The van der Waals surface area contributed by atoms with E-state index in [1.54, 1.807) is 11.3 Å². The van der Waals surface area contributed by atoms with Crippen LogP contribution in [0.4, 0.5) is 0 Å². The molecule has 2 aliphatic rings. The molecule has 4 aromatic heterocycles. The van der Waals surface area contributed by atoms with Crippen LogP contribution in [0.15, 0.2) is 30.9 Å². The highest BCUT2D eigenvalue weighted by molar-refractivity contribution is 7.19. The molecule has 0 aliphatic carbocycles. The van der Waals surface area contributed by atoms with Gasteiger partial charge in [-0.15, -0.1) is 16.4 Å². The third kappa shape index (κ3) is 3.82. The number of fused-ring (bicyclic) bond motifs is 5. The third-order valence-corrected chi connectivity index (χ3v) is 8.78. The van der Waals surface area contributed by atoms with Crippen molar-refractivity contribution < 1.29 is 0 Å². The second kappa shape index (κ2) is 8.07. The van der Waals surface area contributed by atoms with Crippen molar-refractivity contribution in [1.29, 1.82) is 0 Å². The second-order valence-corrected chi connectivity index (χ2v) is 12.0. The number of nitrogens with zero attached hydrogens (tertiary/aromatic N) is 6. The summed E-state index contributed by atoms with van der Waals surface area (Å²) >= 11 is 1.80. The first-order valence-electron chi connectivity index (χ1n) is 12.4. The maximum Gasteiger partial charge on any atom is 0.167 e. The average molecular weight is 476 g/mol. The largest absolute Gasteiger partial charge is 0.302 e. The number of nitrogens with one attached hydrogen (secondary N) is 1. The number of hydrogen-bond donors (Lipinski definition) is 1. The summed E-state index contributed by atoms with van der Waals surface area (Å²) in [5, 5.41) is 9.84. The minimum atomic E-state index is -0.0855. The Kier molecular flexibility index (Phi) is 5.24. The van der Waals surface area contributed by atoms with E-state index in [1.165, 1.54) is 40.7 Å². The van der Waals surface area contributed by atoms with E-state index >= 15 is 0 Å². The van der Waals surface area contributed by atoms with Crippen LogP contribution in [0.2, 0.25) is 0 Å². The Morgan fingerprint density at radius 2 is 2.09 bits per heavy atom. The highest BCUT2D eigenvalue weighted by atomic mass is 32.1. The van der Waals surface area contributed by atoms with Gasteiger partial charge in [-0.2, -0.15) is 0 Å². The first-order chi connectivity index (χ1) is 16.3. The lowest BCUT2D eigenvalue weighted by Gasteiger charge is -2.42. The van der Waals surface area contributed by atoms with Crippen LogP contribution in [0.5, 0.6) is 0 Å². The lowest BCUT2D eigenvalue weighted by Crippen LogP contribution is -2.54. The molecule has 6 rings (SSSR count). The van der Waals surface area contributed by atoms with Crippen molar-refractivity contribution in [1.82, 2.24) is 34.8 Å². The van der Waals surface area contributed by atoms with Crippen LogP contribution in [0, 0.1) is 0 Å². The summed E-state index contributed by atoms with van der Waals surface area (Å²) < 4.78 is 1.89. The first-order valence-corrected chi connectivity index (χ1v) is 13.2. The van der Waals surface area contributed by atoms with Gasteiger partial charge in [-0.25, -0.2) is 14.5 Å². The molecule has 0 spiro atoms. The van der Waals surface area contributed by atoms with Crippen molar-refractivity contribution >= 4 is 27.2 Å². The second-order valence-electron chi connectivity index (χ2n) is 11.0. The molecule has 0 unspecified atom stereocenters. The summed E-state index contributed by atoms with van der Waals surface area (Å²) in [4.78, 5) is 19.2. The molecule has 1 atom stereocenters. The van der Waals surface area contributed by atoms with E-state index in [-0.39, 0.29) is 11.1 Å². The first kappa shape index (κ1) is 22.1. The predicted molar refractivity (Wildman–Crippen MR) is 136 cm³/mol. The van der Waals surface area contributed by atoms with Crippen molar-refractivity contribution in [2.45, 2.75) is 76.9 Å². The summed E-state index contributed by atoms with van der Waals surface area (Å²) in [7, 11) is 0. The molecule has 6 heterocycles. The number of thiophene rings is 1. The number of likely N-dealkylation sites (tertiary alicyclic amines) is 1. The molecule has 0 amide bonds. The summed E-state index contributed by atoms with van der Waals surface area (Å²) in [6.45, 7) is 11.2. The molecule has 0 radical (unpaired) electrons. The van der Waals surface area contributed by atoms with E-state index in [9.17, 15) is 0 Å². The molecule has 1 N–H and O–H groups in total. The highest BCUT2D eigenvalue weighted by Gasteiger charge is 2.40. The molecule has 0 aromatic carbocycles. The Hall–Kier alpha value is -2.42. The fourth-order valence-electron chi connectivity index (χ4n) is 6.12. The van der Waals surface area contributed by atoms with E-state index < -0.39 is 0 Å². The Morgan fingerprint density at radius 1 is 1.21 bits per heavy atom. The summed E-state index contributed by atoms with van der Waals surface area (Å²) in [5.41, 5.74) is 3.60. The van der Waals surface area contributed by atoms with Gasteiger partial charge in [0.05, 0.1) is 5.39 Å². The van der Waals surface area contributed by atoms with E-state index in [0.29, 0.717) is 6.04 Å². The third-order valence-electron chi connectivity index (χ3n) is 7.31. The lowest BCUT2D eigenvalue weighted by molar-refractivity contribution is 0.149. The fraction of sp³-hybridized carbons (Fsp3) is 0.538. The highest BCUT2D eigenvalue weighted by Crippen LogP contribution is 2.44. The summed E-state index contributed by atoms with van der Waals surface area (Å²) in [5.74, 6) is 0.900. The SMILES string of the molecule is CC1(C)Cc2c(sc3ncn4nc(CCN5CCCC[C@@H]5c5cccnc5)nc4c23)C(C)(C)N1. The molecule has 178 valence electrons. The zero-order valence-corrected chi connectivity index (χ0v) is 21.3. The van der Waals surface area contributed by atoms with Crippen molar-refractivity contribution in [2.24, 2.45) is 0 Å². The molecule has 0 saturated carbocycles. The van der Waals surface area contributed by atoms with E-state index in [2.05, 4.69) is 49.0 Å². The number of hydrogen-bond acceptors (Lipinski definition) is 7. The number of pyridine rings is 1. The quantitative estimate of drug-likeness (QED) is 0.463. The molecule has 34 heavy (non-hydrogen) atoms. The maximum atomic E-state index is 5.06. The fourth-order valence-corrected chi connectivity index (χ4v) is 7.33. The van der Waals surface area contributed by atoms with Gasteiger partial charge in [0.15, 0.2) is 11.5 Å². The molecule has 4 aromatic rings. The van der Waals surface area contributed by atoms with Crippen LogP contribution < -0.4 is 5.32 Å². The average Bonchev–Trinajstić information content (AvgIpc) is 3.38. The molecule has 2 aliphatic heterocycles. The minimum Gasteiger partial charge on any atom is -0.302 e. The molecule has 1 saturated heterocycles. The zero-order valence-electron chi connectivity index (χ0n) is 20.5. The van der Waals surface area contributed by atoms with Crippen LogP contribution in [-0.2, 0) is 18.4 Å². The topological polar surface area (TPSA) is 71.2 Å². The van der Waals surface area contributed by atoms with Crippen LogP contribution in [0.25, 0.3) is 15.9 Å². The van der Waals surface area contributed by atoms with E-state index in [4.69, 9.17) is 15.1 Å². The predicted octanol–water partition coefficient (Wildman–Crippen LogP) is 4.66. The van der Waals surface area contributed by atoms with Gasteiger partial charge in [-0.1, -0.05) is 12.5 Å². The van der Waals surface area contributed by atoms with Crippen molar-refractivity contribution in [3.63, 3.8) is 0 Å². The molecular weight excluding hydrogens is 442 g/mol.